The third-order valence-electron chi connectivity index (χ3n) is 5.64. The van der Waals surface area contributed by atoms with E-state index in [-0.39, 0.29) is 11.6 Å². The van der Waals surface area contributed by atoms with E-state index in [1.165, 1.54) is 30.9 Å². The Morgan fingerprint density at radius 1 is 1.12 bits per heavy atom. The molecule has 178 valence electrons. The summed E-state index contributed by atoms with van der Waals surface area (Å²) in [5.41, 5.74) is 0.631. The number of carboxylic acids is 1. The van der Waals surface area contributed by atoms with E-state index in [9.17, 15) is 27.2 Å². The fraction of sp³-hybridized carbons (Fsp3) is 0.571. The average Bonchev–Trinajstić information content (AvgIpc) is 3.27. The highest BCUT2D eigenvalue weighted by Crippen LogP contribution is 2.28. The Labute approximate surface area is 182 Å². The quantitative estimate of drug-likeness (QED) is 0.549. The van der Waals surface area contributed by atoms with Crippen molar-refractivity contribution >= 4 is 17.8 Å². The molecule has 32 heavy (non-hydrogen) atoms. The zero-order valence-corrected chi connectivity index (χ0v) is 17.8. The number of hydrogen-bond acceptors (Lipinski definition) is 5. The summed E-state index contributed by atoms with van der Waals surface area (Å²) in [4.78, 5) is 38.1. The lowest BCUT2D eigenvalue weighted by molar-refractivity contribution is -0.192. The minimum atomic E-state index is -5.08. The summed E-state index contributed by atoms with van der Waals surface area (Å²) in [7, 11) is 1.33. The minimum Gasteiger partial charge on any atom is -0.475 e. The summed E-state index contributed by atoms with van der Waals surface area (Å²) in [5, 5.41) is 7.12. The number of benzene rings is 1. The van der Waals surface area contributed by atoms with E-state index < -0.39 is 35.9 Å². The number of carbonyl (C=O) groups excluding carboxylic acids is 2. The number of hydrogen-bond donors (Lipinski definition) is 1. The van der Waals surface area contributed by atoms with Gasteiger partial charge in [0, 0.05) is 12.6 Å². The molecule has 11 heteroatoms. The highest BCUT2D eigenvalue weighted by molar-refractivity contribution is 5.98. The number of alkyl halides is 3. The maximum Gasteiger partial charge on any atom is 0.490 e. The van der Waals surface area contributed by atoms with Crippen molar-refractivity contribution in [1.29, 1.82) is 0 Å². The molecule has 2 aliphatic heterocycles. The van der Waals surface area contributed by atoms with E-state index in [0.29, 0.717) is 18.5 Å². The van der Waals surface area contributed by atoms with Crippen LogP contribution in [-0.2, 0) is 14.3 Å². The number of halogens is 4. The molecule has 7 nitrogen and oxygen atoms in total. The third-order valence-corrected chi connectivity index (χ3v) is 5.64. The molecule has 2 atom stereocenters. The number of amides is 1. The van der Waals surface area contributed by atoms with Gasteiger partial charge in [0.2, 0.25) is 0 Å². The number of methoxy groups -OCH3 is 1. The number of aliphatic carboxylic acids is 1. The maximum absolute atomic E-state index is 14.2. The second-order valence-electron chi connectivity index (χ2n) is 7.69. The number of aryl methyl sites for hydroxylation is 1. The van der Waals surface area contributed by atoms with Crippen molar-refractivity contribution in [2.24, 2.45) is 0 Å². The van der Waals surface area contributed by atoms with Crippen LogP contribution in [0.4, 0.5) is 17.6 Å². The van der Waals surface area contributed by atoms with E-state index in [2.05, 4.69) is 4.90 Å². The number of carbonyl (C=O) groups is 3. The second kappa shape index (κ2) is 10.8. The van der Waals surface area contributed by atoms with Crippen molar-refractivity contribution in [2.75, 3.05) is 26.7 Å². The Balaban J connectivity index is 0.000000451. The van der Waals surface area contributed by atoms with Gasteiger partial charge in [-0.15, -0.1) is 0 Å². The first-order valence-corrected chi connectivity index (χ1v) is 10.2. The molecule has 0 bridgehead atoms. The molecule has 1 aromatic carbocycles. The Morgan fingerprint density at radius 2 is 1.72 bits per heavy atom. The molecule has 1 aromatic rings. The molecule has 0 spiro atoms. The summed E-state index contributed by atoms with van der Waals surface area (Å²) in [6.45, 7) is 4.23. The zero-order valence-electron chi connectivity index (χ0n) is 17.8. The lowest BCUT2D eigenvalue weighted by Crippen LogP contribution is -2.55. The summed E-state index contributed by atoms with van der Waals surface area (Å²) in [6, 6.07) is 4.19. The number of carboxylic acid groups (broad SMARTS) is 1. The molecule has 2 fully saturated rings. The SMILES string of the molecule is COC(=O)C1CC(N2CCCC2)CCN1C(=O)c1c(C)cccc1F.O=C(O)C(F)(F)F. The first kappa shape index (κ1) is 25.6. The van der Waals surface area contributed by atoms with Crippen molar-refractivity contribution < 1.29 is 41.8 Å². The first-order valence-electron chi connectivity index (χ1n) is 10.2. The summed E-state index contributed by atoms with van der Waals surface area (Å²) < 4.78 is 50.9. The van der Waals surface area contributed by atoms with Gasteiger partial charge >= 0.3 is 18.1 Å². The number of nitrogens with zero attached hydrogens (tertiary/aromatic N) is 2. The van der Waals surface area contributed by atoms with Gasteiger partial charge in [-0.05, 0) is 57.3 Å². The molecule has 0 radical (unpaired) electrons. The first-order chi connectivity index (χ1) is 15.0. The van der Waals surface area contributed by atoms with Gasteiger partial charge in [0.15, 0.2) is 0 Å². The largest absolute Gasteiger partial charge is 0.490 e. The molecule has 1 amide bonds. The highest BCUT2D eigenvalue weighted by Gasteiger charge is 2.40. The van der Waals surface area contributed by atoms with Crippen LogP contribution in [0.1, 0.15) is 41.6 Å². The van der Waals surface area contributed by atoms with E-state index in [0.717, 1.165) is 19.5 Å². The smallest absolute Gasteiger partial charge is 0.475 e. The lowest BCUT2D eigenvalue weighted by Gasteiger charge is -2.41. The number of rotatable bonds is 3. The fourth-order valence-electron chi connectivity index (χ4n) is 4.03. The summed E-state index contributed by atoms with van der Waals surface area (Å²) >= 11 is 0. The second-order valence-corrected chi connectivity index (χ2v) is 7.69. The number of likely N-dealkylation sites (tertiary alicyclic amines) is 2. The van der Waals surface area contributed by atoms with E-state index in [4.69, 9.17) is 14.6 Å². The van der Waals surface area contributed by atoms with E-state index >= 15 is 0 Å². The fourth-order valence-corrected chi connectivity index (χ4v) is 4.03. The standard InChI is InChI=1S/C19H25FN2O3.C2HF3O2/c1-13-6-5-7-15(20)17(13)18(23)22-11-8-14(21-9-3-4-10-21)12-16(22)19(24)25-2;3-2(4,5)1(6)7/h5-7,14,16H,3-4,8-12H2,1-2H3;(H,6,7). The molecule has 2 aliphatic rings. The zero-order chi connectivity index (χ0) is 24.1. The van der Waals surface area contributed by atoms with Crippen LogP contribution >= 0.6 is 0 Å². The van der Waals surface area contributed by atoms with Crippen LogP contribution in [0.3, 0.4) is 0 Å². The molecule has 0 aliphatic carbocycles. The average molecular weight is 462 g/mol. The van der Waals surface area contributed by atoms with Crippen LogP contribution in [0.15, 0.2) is 18.2 Å². The van der Waals surface area contributed by atoms with Crippen molar-refractivity contribution in [3.8, 4) is 0 Å². The Morgan fingerprint density at radius 3 is 2.22 bits per heavy atom. The summed E-state index contributed by atoms with van der Waals surface area (Å²) in [6.07, 6.45) is -1.38. The number of ether oxygens (including phenoxy) is 1. The van der Waals surface area contributed by atoms with Gasteiger partial charge in [-0.25, -0.2) is 14.0 Å². The molecular weight excluding hydrogens is 436 g/mol. The number of piperidine rings is 1. The molecule has 2 saturated heterocycles. The normalized spacial score (nSPS) is 21.5. The highest BCUT2D eigenvalue weighted by atomic mass is 19.4. The van der Waals surface area contributed by atoms with E-state index in [1.54, 1.807) is 19.1 Å². The van der Waals surface area contributed by atoms with Gasteiger partial charge in [0.05, 0.1) is 12.7 Å². The lowest BCUT2D eigenvalue weighted by atomic mass is 9.94. The van der Waals surface area contributed by atoms with Gasteiger partial charge < -0.3 is 19.6 Å². The van der Waals surface area contributed by atoms with Crippen LogP contribution in [-0.4, -0.2) is 77.8 Å². The molecule has 1 N–H and O–H groups in total. The predicted octanol–water partition coefficient (Wildman–Crippen LogP) is 3.01. The topological polar surface area (TPSA) is 87.2 Å². The molecule has 0 aromatic heterocycles. The van der Waals surface area contributed by atoms with Crippen molar-refractivity contribution in [3.63, 3.8) is 0 Å². The van der Waals surface area contributed by atoms with Crippen LogP contribution in [0.5, 0.6) is 0 Å². The molecule has 2 heterocycles. The van der Waals surface area contributed by atoms with Crippen LogP contribution in [0.2, 0.25) is 0 Å². The van der Waals surface area contributed by atoms with Crippen molar-refractivity contribution in [1.82, 2.24) is 9.80 Å². The van der Waals surface area contributed by atoms with Gasteiger partial charge in [-0.1, -0.05) is 12.1 Å². The maximum atomic E-state index is 14.2. The predicted molar refractivity (Wildman–Crippen MR) is 105 cm³/mol. The third kappa shape index (κ3) is 6.18. The van der Waals surface area contributed by atoms with Gasteiger partial charge in [0.25, 0.3) is 5.91 Å². The minimum absolute atomic E-state index is 0.0519. The molecule has 2 unspecified atom stereocenters. The van der Waals surface area contributed by atoms with Crippen LogP contribution < -0.4 is 0 Å². The number of esters is 1. The van der Waals surface area contributed by atoms with Crippen LogP contribution in [0, 0.1) is 12.7 Å². The summed E-state index contributed by atoms with van der Waals surface area (Å²) in [5.74, 6) is -4.15. The van der Waals surface area contributed by atoms with Crippen LogP contribution in [0.25, 0.3) is 0 Å². The Hall–Kier alpha value is -2.69. The molecular formula is C21H26F4N2O5. The van der Waals surface area contributed by atoms with Gasteiger partial charge in [0.1, 0.15) is 11.9 Å². The van der Waals surface area contributed by atoms with Gasteiger partial charge in [-0.3, -0.25) is 4.79 Å². The van der Waals surface area contributed by atoms with Crippen molar-refractivity contribution in [3.05, 3.63) is 35.1 Å². The Bertz CT molecular complexity index is 820. The van der Waals surface area contributed by atoms with E-state index in [1.807, 2.05) is 0 Å². The van der Waals surface area contributed by atoms with Crippen molar-refractivity contribution in [2.45, 2.75) is 50.9 Å². The molecule has 3 rings (SSSR count). The molecule has 0 saturated carbocycles. The monoisotopic (exact) mass is 462 g/mol. The Kier molecular flexibility index (Phi) is 8.59. The van der Waals surface area contributed by atoms with Gasteiger partial charge in [-0.2, -0.15) is 13.2 Å².